The minimum absolute atomic E-state index is 0.144. The van der Waals surface area contributed by atoms with Crippen LogP contribution in [0.3, 0.4) is 0 Å². The number of nitrogens with zero attached hydrogens (tertiary/aromatic N) is 4. The lowest BCUT2D eigenvalue weighted by Gasteiger charge is -2.22. The summed E-state index contributed by atoms with van der Waals surface area (Å²) in [6.07, 6.45) is 9.84. The smallest absolute Gasteiger partial charge is 0.274 e. The van der Waals surface area contributed by atoms with E-state index in [0.717, 1.165) is 56.3 Å². The number of hydrogen-bond acceptors (Lipinski definition) is 6. The maximum Gasteiger partial charge on any atom is 0.274 e. The fourth-order valence-corrected chi connectivity index (χ4v) is 6.50. The second kappa shape index (κ2) is 10.8. The number of pyridine rings is 1. The van der Waals surface area contributed by atoms with Crippen LogP contribution in [0.2, 0.25) is 0 Å². The first-order chi connectivity index (χ1) is 16.7. The van der Waals surface area contributed by atoms with Crippen molar-refractivity contribution in [2.75, 3.05) is 31.6 Å². The highest BCUT2D eigenvalue weighted by Gasteiger charge is 2.24. The molecule has 180 valence electrons. The molecule has 34 heavy (non-hydrogen) atoms. The molecular formula is C24H29IN6O3. The number of carbonyl (C=O) groups excluding carboxylic acids is 2. The normalized spacial score (nSPS) is 20.4. The molecule has 3 aliphatic rings. The van der Waals surface area contributed by atoms with Crippen LogP contribution in [0, 0.1) is 0 Å². The second-order valence-corrected chi connectivity index (χ2v) is 11.1. The van der Waals surface area contributed by atoms with Crippen molar-refractivity contribution in [1.82, 2.24) is 23.2 Å². The first kappa shape index (κ1) is 23.2. The average molecular weight is 576 g/mol. The van der Waals surface area contributed by atoms with Crippen LogP contribution < -0.4 is 10.6 Å². The van der Waals surface area contributed by atoms with Gasteiger partial charge in [-0.25, -0.2) is 4.98 Å². The van der Waals surface area contributed by atoms with E-state index < -0.39 is 0 Å². The number of carbonyl (C=O) groups is 2. The molecule has 0 aliphatic carbocycles. The van der Waals surface area contributed by atoms with E-state index >= 15 is 0 Å². The third kappa shape index (κ3) is 5.38. The minimum Gasteiger partial charge on any atom is -0.381 e. The lowest BCUT2D eigenvalue weighted by molar-refractivity contribution is 0.0660. The monoisotopic (exact) mass is 576 g/mol. The second-order valence-electron chi connectivity index (χ2n) is 8.66. The Morgan fingerprint density at radius 1 is 1.03 bits per heavy atom. The topological polar surface area (TPSA) is 101 Å². The molecule has 0 saturated carbocycles. The molecule has 2 N–H and O–H groups in total. The predicted molar refractivity (Wildman–Crippen MR) is 139 cm³/mol. The number of rotatable bonds is 1. The molecule has 9 nitrogen and oxygen atoms in total. The number of hydrogen-bond donors (Lipinski definition) is 2. The van der Waals surface area contributed by atoms with Crippen molar-refractivity contribution in [3.8, 4) is 0 Å². The van der Waals surface area contributed by atoms with Gasteiger partial charge < -0.3 is 18.5 Å². The summed E-state index contributed by atoms with van der Waals surface area (Å²) in [5.41, 5.74) is 2.84. The number of fused-ring (bicyclic) bond motifs is 5. The van der Waals surface area contributed by atoms with Crippen LogP contribution in [0.4, 0.5) is 5.69 Å². The first-order valence-corrected chi connectivity index (χ1v) is 14.1. The highest BCUT2D eigenvalue weighted by molar-refractivity contribution is 14.2. The molecule has 10 heteroatoms. The molecule has 1 fully saturated rings. The molecule has 5 heterocycles. The SMILES string of the molecule is O=C1Nc2cn(C3CCOCC3)nc2C(=O)NCCCCCCN2C=C(C=I2)c2cccc1n2. The van der Waals surface area contributed by atoms with Gasteiger partial charge in [0.1, 0.15) is 5.69 Å². The summed E-state index contributed by atoms with van der Waals surface area (Å²) in [4.78, 5) is 30.7. The van der Waals surface area contributed by atoms with Crippen molar-refractivity contribution in [1.29, 1.82) is 0 Å². The molecule has 4 bridgehead atoms. The van der Waals surface area contributed by atoms with Gasteiger partial charge in [-0.15, -0.1) is 0 Å². The summed E-state index contributed by atoms with van der Waals surface area (Å²) < 4.78 is 11.9. The Morgan fingerprint density at radius 2 is 1.85 bits per heavy atom. The number of nitrogens with one attached hydrogen (secondary N) is 2. The molecular weight excluding hydrogens is 547 g/mol. The van der Waals surface area contributed by atoms with Crippen molar-refractivity contribution in [2.45, 2.75) is 44.6 Å². The Morgan fingerprint density at radius 3 is 2.74 bits per heavy atom. The van der Waals surface area contributed by atoms with E-state index in [1.165, 1.54) is 0 Å². The molecule has 2 amide bonds. The predicted octanol–water partition coefficient (Wildman–Crippen LogP) is 3.53. The number of amides is 2. The van der Waals surface area contributed by atoms with Crippen LogP contribution >= 0.6 is 21.0 Å². The number of halogens is 1. The zero-order chi connectivity index (χ0) is 23.3. The average Bonchev–Trinajstić information content (AvgIpc) is 3.51. The van der Waals surface area contributed by atoms with Gasteiger partial charge in [-0.2, -0.15) is 5.10 Å². The van der Waals surface area contributed by atoms with Crippen molar-refractivity contribution in [2.24, 2.45) is 0 Å². The standard InChI is InChI=1S/C24H29IN6O3/c32-23-20-7-5-6-19(27-20)17-14-25-30(15-17)11-4-2-1-3-10-26-24(33)22-21(28-23)16-31(29-22)18-8-12-34-13-9-18/h5-7,14-16,18H,1-4,8-13H2,(H,26,33)(H,28,32). The zero-order valence-corrected chi connectivity index (χ0v) is 21.2. The van der Waals surface area contributed by atoms with Gasteiger partial charge in [0.25, 0.3) is 11.8 Å². The summed E-state index contributed by atoms with van der Waals surface area (Å²) in [5, 5.41) is 10.5. The number of anilines is 1. The quantitative estimate of drug-likeness (QED) is 0.398. The van der Waals surface area contributed by atoms with E-state index in [-0.39, 0.29) is 44.6 Å². The molecule has 2 aromatic rings. The van der Waals surface area contributed by atoms with E-state index in [1.54, 1.807) is 16.9 Å². The van der Waals surface area contributed by atoms with Crippen LogP contribution in [0.15, 0.2) is 30.6 Å². The van der Waals surface area contributed by atoms with Gasteiger partial charge in [-0.05, 0) is 62.8 Å². The molecule has 2 aromatic heterocycles. The maximum atomic E-state index is 13.1. The van der Waals surface area contributed by atoms with Gasteiger partial charge in [0.15, 0.2) is 5.69 Å². The molecule has 5 rings (SSSR count). The van der Waals surface area contributed by atoms with Gasteiger partial charge in [-0.3, -0.25) is 14.3 Å². The van der Waals surface area contributed by atoms with Crippen LogP contribution in [0.1, 0.15) is 71.2 Å². The molecule has 0 unspecified atom stereocenters. The Balaban J connectivity index is 1.45. The van der Waals surface area contributed by atoms with Crippen LogP contribution in [-0.4, -0.2) is 60.0 Å². The fourth-order valence-electron chi connectivity index (χ4n) is 4.28. The molecule has 0 aromatic carbocycles. The van der Waals surface area contributed by atoms with E-state index in [9.17, 15) is 9.59 Å². The number of ether oxygens (including phenoxy) is 1. The Hall–Kier alpha value is -2.60. The first-order valence-electron chi connectivity index (χ1n) is 11.9. The Labute approximate surface area is 209 Å². The van der Waals surface area contributed by atoms with Gasteiger partial charge >= 0.3 is 0 Å². The van der Waals surface area contributed by atoms with E-state index in [2.05, 4.69) is 34.0 Å². The Kier molecular flexibility index (Phi) is 7.33. The lowest BCUT2D eigenvalue weighted by Crippen LogP contribution is -2.27. The lowest BCUT2D eigenvalue weighted by atomic mass is 10.1. The minimum atomic E-state index is -0.353. The van der Waals surface area contributed by atoms with Gasteiger partial charge in [0.05, 0.1) is 17.4 Å². The van der Waals surface area contributed by atoms with Crippen molar-refractivity contribution in [3.63, 3.8) is 0 Å². The van der Waals surface area contributed by atoms with Gasteiger partial charge in [0, 0.05) is 44.3 Å². The Bertz CT molecular complexity index is 1120. The van der Waals surface area contributed by atoms with Crippen molar-refractivity contribution < 1.29 is 14.3 Å². The van der Waals surface area contributed by atoms with Gasteiger partial charge in [-0.1, -0.05) is 18.9 Å². The van der Waals surface area contributed by atoms with E-state index in [4.69, 9.17) is 4.74 Å². The molecule has 0 spiro atoms. The van der Waals surface area contributed by atoms with Crippen molar-refractivity contribution in [3.05, 3.63) is 47.7 Å². The molecule has 3 aliphatic heterocycles. The maximum absolute atomic E-state index is 13.1. The van der Waals surface area contributed by atoms with E-state index in [1.807, 2.05) is 12.1 Å². The van der Waals surface area contributed by atoms with E-state index in [0.29, 0.717) is 31.1 Å². The third-order valence-corrected chi connectivity index (χ3v) is 8.62. The number of allylic oxidation sites excluding steroid dienone is 1. The van der Waals surface area contributed by atoms with Gasteiger partial charge in [0.2, 0.25) is 0 Å². The van der Waals surface area contributed by atoms with Crippen LogP contribution in [0.25, 0.3) is 5.57 Å². The summed E-state index contributed by atoms with van der Waals surface area (Å²) in [6, 6.07) is 5.63. The fraction of sp³-hybridized carbons (Fsp3) is 0.458. The van der Waals surface area contributed by atoms with Crippen LogP contribution in [-0.2, 0) is 4.74 Å². The number of aromatic nitrogens is 3. The molecule has 1 saturated heterocycles. The summed E-state index contributed by atoms with van der Waals surface area (Å²) >= 11 is -0.189. The summed E-state index contributed by atoms with van der Waals surface area (Å²) in [5.74, 6) is -0.619. The summed E-state index contributed by atoms with van der Waals surface area (Å²) in [6.45, 7) is 2.95. The van der Waals surface area contributed by atoms with Crippen LogP contribution in [0.5, 0.6) is 0 Å². The molecule has 0 atom stereocenters. The third-order valence-electron chi connectivity index (χ3n) is 6.19. The molecule has 0 radical (unpaired) electrons. The zero-order valence-electron chi connectivity index (χ0n) is 19.0. The highest BCUT2D eigenvalue weighted by atomic mass is 127. The highest BCUT2D eigenvalue weighted by Crippen LogP contribution is 2.27. The largest absolute Gasteiger partial charge is 0.381 e. The van der Waals surface area contributed by atoms with Crippen molar-refractivity contribution >= 4 is 48.1 Å². The summed E-state index contributed by atoms with van der Waals surface area (Å²) in [7, 11) is 0.